The van der Waals surface area contributed by atoms with E-state index in [1.807, 2.05) is 18.2 Å². The van der Waals surface area contributed by atoms with E-state index in [1.54, 1.807) is 6.07 Å². The van der Waals surface area contributed by atoms with Gasteiger partial charge in [-0.1, -0.05) is 39.0 Å². The van der Waals surface area contributed by atoms with Crippen molar-refractivity contribution in [2.75, 3.05) is 6.54 Å². The maximum Gasteiger partial charge on any atom is 0.119 e. The minimum atomic E-state index is 0.123. The van der Waals surface area contributed by atoms with E-state index in [9.17, 15) is 5.11 Å². The van der Waals surface area contributed by atoms with Gasteiger partial charge in [-0.2, -0.15) is 0 Å². The lowest BCUT2D eigenvalue weighted by Gasteiger charge is -2.31. The van der Waals surface area contributed by atoms with Gasteiger partial charge < -0.3 is 10.8 Å². The van der Waals surface area contributed by atoms with Gasteiger partial charge in [-0.25, -0.2) is 0 Å². The minimum absolute atomic E-state index is 0.123. The Bertz CT molecular complexity index is 315. The van der Waals surface area contributed by atoms with Crippen molar-refractivity contribution in [2.24, 2.45) is 11.1 Å². The Labute approximate surface area is 92.1 Å². The fraction of sp³-hybridized carbons (Fsp3) is 0.538. The molecule has 0 saturated carbocycles. The Morgan fingerprint density at radius 1 is 1.27 bits per heavy atom. The van der Waals surface area contributed by atoms with Gasteiger partial charge >= 0.3 is 0 Å². The fourth-order valence-corrected chi connectivity index (χ4v) is 2.00. The van der Waals surface area contributed by atoms with Crippen LogP contribution in [0.3, 0.4) is 0 Å². The summed E-state index contributed by atoms with van der Waals surface area (Å²) in [5, 5.41) is 9.83. The molecule has 0 spiro atoms. The zero-order chi connectivity index (χ0) is 11.5. The van der Waals surface area contributed by atoms with Crippen molar-refractivity contribution in [1.29, 1.82) is 0 Å². The fourth-order valence-electron chi connectivity index (χ4n) is 2.00. The number of benzene rings is 1. The Morgan fingerprint density at radius 3 is 2.33 bits per heavy atom. The molecule has 0 aliphatic heterocycles. The average molecular weight is 207 g/mol. The molecule has 2 heteroatoms. The van der Waals surface area contributed by atoms with Crippen LogP contribution in [-0.4, -0.2) is 11.7 Å². The first-order valence-corrected chi connectivity index (χ1v) is 5.44. The van der Waals surface area contributed by atoms with Crippen LogP contribution < -0.4 is 5.73 Å². The first-order valence-electron chi connectivity index (χ1n) is 5.44. The molecule has 0 radical (unpaired) electrons. The molecule has 1 atom stereocenters. The van der Waals surface area contributed by atoms with Crippen molar-refractivity contribution in [1.82, 2.24) is 0 Å². The molecule has 0 aliphatic rings. The van der Waals surface area contributed by atoms with Crippen LogP contribution in [0.4, 0.5) is 0 Å². The highest BCUT2D eigenvalue weighted by atomic mass is 16.3. The number of nitrogens with two attached hydrogens (primary N) is 1. The van der Waals surface area contributed by atoms with Crippen LogP contribution in [-0.2, 0) is 0 Å². The topological polar surface area (TPSA) is 46.2 Å². The van der Waals surface area contributed by atoms with Crippen molar-refractivity contribution in [3.63, 3.8) is 0 Å². The summed E-state index contributed by atoms with van der Waals surface area (Å²) in [4.78, 5) is 0. The van der Waals surface area contributed by atoms with Gasteiger partial charge in [0, 0.05) is 0 Å². The molecular formula is C13H21NO. The third-order valence-electron chi connectivity index (χ3n) is 2.81. The van der Waals surface area contributed by atoms with Crippen LogP contribution in [0.1, 0.15) is 38.7 Å². The zero-order valence-corrected chi connectivity index (χ0v) is 9.83. The summed E-state index contributed by atoms with van der Waals surface area (Å²) in [5.74, 6) is 0.689. The molecule has 2 nitrogen and oxygen atoms in total. The van der Waals surface area contributed by atoms with E-state index in [0.29, 0.717) is 18.2 Å². The predicted molar refractivity (Wildman–Crippen MR) is 64.0 cm³/mol. The number of para-hydroxylation sites is 1. The second kappa shape index (κ2) is 4.67. The van der Waals surface area contributed by atoms with E-state index < -0.39 is 0 Å². The van der Waals surface area contributed by atoms with Gasteiger partial charge in [0.05, 0.1) is 0 Å². The van der Waals surface area contributed by atoms with Gasteiger partial charge in [-0.15, -0.1) is 0 Å². The highest BCUT2D eigenvalue weighted by Crippen LogP contribution is 2.40. The van der Waals surface area contributed by atoms with Crippen LogP contribution in [0.25, 0.3) is 0 Å². The highest BCUT2D eigenvalue weighted by Gasteiger charge is 2.27. The van der Waals surface area contributed by atoms with Crippen LogP contribution in [0.5, 0.6) is 5.75 Å². The molecule has 0 saturated heterocycles. The molecule has 84 valence electrons. The van der Waals surface area contributed by atoms with Gasteiger partial charge in [0.15, 0.2) is 0 Å². The van der Waals surface area contributed by atoms with E-state index in [4.69, 9.17) is 5.73 Å². The molecule has 0 bridgehead atoms. The lowest BCUT2D eigenvalue weighted by molar-refractivity contribution is 0.299. The van der Waals surface area contributed by atoms with Crippen LogP contribution in [0.2, 0.25) is 0 Å². The molecule has 1 aromatic rings. The van der Waals surface area contributed by atoms with E-state index in [2.05, 4.69) is 20.8 Å². The van der Waals surface area contributed by atoms with Crippen LogP contribution >= 0.6 is 0 Å². The van der Waals surface area contributed by atoms with Gasteiger partial charge in [0.2, 0.25) is 0 Å². The second-order valence-electron chi connectivity index (χ2n) is 5.05. The third-order valence-corrected chi connectivity index (χ3v) is 2.81. The molecule has 1 rings (SSSR count). The van der Waals surface area contributed by atoms with Crippen molar-refractivity contribution in [3.05, 3.63) is 29.8 Å². The molecule has 3 N–H and O–H groups in total. The molecular weight excluding hydrogens is 186 g/mol. The Balaban J connectivity index is 3.05. The Morgan fingerprint density at radius 2 is 1.87 bits per heavy atom. The van der Waals surface area contributed by atoms with Crippen molar-refractivity contribution < 1.29 is 5.11 Å². The van der Waals surface area contributed by atoms with E-state index in [-0.39, 0.29) is 5.41 Å². The van der Waals surface area contributed by atoms with E-state index in [0.717, 1.165) is 12.0 Å². The van der Waals surface area contributed by atoms with Gasteiger partial charge in [0.25, 0.3) is 0 Å². The standard InChI is InChI=1S/C13H21NO/c1-13(2,3)11(8-9-14)10-6-4-5-7-12(10)15/h4-7,11,15H,8-9,14H2,1-3H3. The normalized spacial score (nSPS) is 13.9. The Hall–Kier alpha value is -1.02. The zero-order valence-electron chi connectivity index (χ0n) is 9.83. The minimum Gasteiger partial charge on any atom is -0.508 e. The maximum atomic E-state index is 9.83. The van der Waals surface area contributed by atoms with E-state index >= 15 is 0 Å². The summed E-state index contributed by atoms with van der Waals surface area (Å²) in [6, 6.07) is 7.54. The molecule has 0 aromatic heterocycles. The van der Waals surface area contributed by atoms with Crippen molar-refractivity contribution >= 4 is 0 Å². The molecule has 1 unspecified atom stereocenters. The predicted octanol–water partition coefficient (Wildman–Crippen LogP) is 2.87. The number of phenolic OH excluding ortho intramolecular Hbond substituents is 1. The SMILES string of the molecule is CC(C)(C)C(CCN)c1ccccc1O. The number of hydrogen-bond donors (Lipinski definition) is 2. The number of aromatic hydroxyl groups is 1. The summed E-state index contributed by atoms with van der Waals surface area (Å²) >= 11 is 0. The first kappa shape index (κ1) is 12.1. The quantitative estimate of drug-likeness (QED) is 0.800. The summed E-state index contributed by atoms with van der Waals surface area (Å²) in [5.41, 5.74) is 6.76. The summed E-state index contributed by atoms with van der Waals surface area (Å²) in [6.07, 6.45) is 0.904. The molecule has 0 amide bonds. The monoisotopic (exact) mass is 207 g/mol. The third kappa shape index (κ3) is 2.96. The summed E-state index contributed by atoms with van der Waals surface area (Å²) in [7, 11) is 0. The van der Waals surface area contributed by atoms with Crippen molar-refractivity contribution in [3.8, 4) is 5.75 Å². The number of phenols is 1. The molecule has 0 aliphatic carbocycles. The average Bonchev–Trinajstić information content (AvgIpc) is 2.14. The van der Waals surface area contributed by atoms with Crippen LogP contribution in [0, 0.1) is 5.41 Å². The van der Waals surface area contributed by atoms with Crippen molar-refractivity contribution in [2.45, 2.75) is 33.1 Å². The Kier molecular flexibility index (Phi) is 3.75. The van der Waals surface area contributed by atoms with Crippen LogP contribution in [0.15, 0.2) is 24.3 Å². The second-order valence-corrected chi connectivity index (χ2v) is 5.05. The largest absolute Gasteiger partial charge is 0.508 e. The molecule has 15 heavy (non-hydrogen) atoms. The van der Waals surface area contributed by atoms with Gasteiger partial charge in [-0.05, 0) is 35.9 Å². The first-order chi connectivity index (χ1) is 6.96. The van der Waals surface area contributed by atoms with E-state index in [1.165, 1.54) is 0 Å². The number of rotatable bonds is 3. The lowest BCUT2D eigenvalue weighted by Crippen LogP contribution is -2.21. The summed E-state index contributed by atoms with van der Waals surface area (Å²) in [6.45, 7) is 7.19. The molecule has 0 fully saturated rings. The smallest absolute Gasteiger partial charge is 0.119 e. The van der Waals surface area contributed by atoms with Gasteiger partial charge in [-0.3, -0.25) is 0 Å². The highest BCUT2D eigenvalue weighted by molar-refractivity contribution is 5.35. The van der Waals surface area contributed by atoms with Gasteiger partial charge in [0.1, 0.15) is 5.75 Å². The maximum absolute atomic E-state index is 9.83. The molecule has 1 aromatic carbocycles. The molecule has 0 heterocycles. The lowest BCUT2D eigenvalue weighted by atomic mass is 9.74. The number of hydrogen-bond acceptors (Lipinski definition) is 2. The summed E-state index contributed by atoms with van der Waals surface area (Å²) < 4.78 is 0.